The first-order chi connectivity index (χ1) is 15.7. The van der Waals surface area contributed by atoms with Crippen LogP contribution in [-0.2, 0) is 17.9 Å². The van der Waals surface area contributed by atoms with E-state index in [-0.39, 0.29) is 6.42 Å². The second kappa shape index (κ2) is 11.0. The van der Waals surface area contributed by atoms with Gasteiger partial charge in [-0.3, -0.25) is 9.69 Å². The number of carboxylic acids is 1. The highest BCUT2D eigenvalue weighted by molar-refractivity contribution is 5.66. The van der Waals surface area contributed by atoms with Crippen molar-refractivity contribution in [1.82, 2.24) is 4.90 Å². The fourth-order valence-electron chi connectivity index (χ4n) is 3.94. The SMILES string of the molecule is O=C(O)CCCCCOc1ccccc1CN(Cc1ccc(-c2ccco2)cc1)C1CC1. The summed E-state index contributed by atoms with van der Waals surface area (Å²) in [4.78, 5) is 13.2. The lowest BCUT2D eigenvalue weighted by Crippen LogP contribution is -2.25. The standard InChI is InChI=1S/C27H31NO4/c29-27(30)10-2-1-5-17-31-26-8-4-3-7-23(26)20-28(24-15-16-24)19-21-11-13-22(14-12-21)25-9-6-18-32-25/h3-4,6-9,11-14,18,24H,1-2,5,10,15-17,19-20H2,(H,29,30). The van der Waals surface area contributed by atoms with Crippen LogP contribution in [0.4, 0.5) is 0 Å². The third-order valence-electron chi connectivity index (χ3n) is 5.85. The number of unbranched alkanes of at least 4 members (excludes halogenated alkanes) is 2. The predicted molar refractivity (Wildman–Crippen MR) is 124 cm³/mol. The zero-order valence-electron chi connectivity index (χ0n) is 18.4. The van der Waals surface area contributed by atoms with E-state index in [9.17, 15) is 4.79 Å². The van der Waals surface area contributed by atoms with Crippen molar-refractivity contribution in [3.63, 3.8) is 0 Å². The minimum atomic E-state index is -0.730. The summed E-state index contributed by atoms with van der Waals surface area (Å²) in [5.41, 5.74) is 3.60. The van der Waals surface area contributed by atoms with Crippen molar-refractivity contribution < 1.29 is 19.1 Å². The molecule has 2 aromatic carbocycles. The van der Waals surface area contributed by atoms with Crippen molar-refractivity contribution in [3.8, 4) is 17.1 Å². The van der Waals surface area contributed by atoms with Gasteiger partial charge in [0, 0.05) is 36.7 Å². The summed E-state index contributed by atoms with van der Waals surface area (Å²) in [6.45, 7) is 2.39. The molecule has 1 heterocycles. The van der Waals surface area contributed by atoms with Crippen LogP contribution in [0.1, 0.15) is 49.7 Å². The third-order valence-corrected chi connectivity index (χ3v) is 5.85. The van der Waals surface area contributed by atoms with Crippen LogP contribution in [0.3, 0.4) is 0 Å². The summed E-state index contributed by atoms with van der Waals surface area (Å²) in [7, 11) is 0. The summed E-state index contributed by atoms with van der Waals surface area (Å²) in [6.07, 6.45) is 6.87. The molecule has 1 aliphatic carbocycles. The van der Waals surface area contributed by atoms with E-state index < -0.39 is 5.97 Å². The highest BCUT2D eigenvalue weighted by atomic mass is 16.5. The Hall–Kier alpha value is -3.05. The Morgan fingerprint density at radius 1 is 0.969 bits per heavy atom. The number of carboxylic acid groups (broad SMARTS) is 1. The maximum Gasteiger partial charge on any atom is 0.303 e. The Morgan fingerprint density at radius 3 is 2.50 bits per heavy atom. The number of aliphatic carboxylic acids is 1. The van der Waals surface area contributed by atoms with Gasteiger partial charge in [-0.1, -0.05) is 42.5 Å². The fourth-order valence-corrected chi connectivity index (χ4v) is 3.94. The molecule has 0 bridgehead atoms. The smallest absolute Gasteiger partial charge is 0.303 e. The van der Waals surface area contributed by atoms with Crippen LogP contribution in [0.2, 0.25) is 0 Å². The van der Waals surface area contributed by atoms with Gasteiger partial charge in [0.1, 0.15) is 11.5 Å². The van der Waals surface area contributed by atoms with E-state index in [1.165, 1.54) is 24.0 Å². The van der Waals surface area contributed by atoms with Crippen LogP contribution in [0.15, 0.2) is 71.3 Å². The van der Waals surface area contributed by atoms with Gasteiger partial charge in [-0.05, 0) is 55.9 Å². The number of rotatable bonds is 13. The Balaban J connectivity index is 1.34. The monoisotopic (exact) mass is 433 g/mol. The first kappa shape index (κ1) is 22.2. The maximum absolute atomic E-state index is 10.6. The molecule has 0 unspecified atom stereocenters. The van der Waals surface area contributed by atoms with Gasteiger partial charge in [-0.15, -0.1) is 0 Å². The number of hydrogen-bond acceptors (Lipinski definition) is 4. The summed E-state index contributed by atoms with van der Waals surface area (Å²) < 4.78 is 11.6. The number of para-hydroxylation sites is 1. The molecule has 0 atom stereocenters. The van der Waals surface area contributed by atoms with Gasteiger partial charge in [0.05, 0.1) is 12.9 Å². The van der Waals surface area contributed by atoms with Crippen LogP contribution in [-0.4, -0.2) is 28.6 Å². The van der Waals surface area contributed by atoms with Gasteiger partial charge < -0.3 is 14.3 Å². The Morgan fingerprint density at radius 2 is 1.78 bits per heavy atom. The molecule has 1 aliphatic rings. The Kier molecular flexibility index (Phi) is 7.62. The molecule has 0 aliphatic heterocycles. The van der Waals surface area contributed by atoms with Crippen molar-refractivity contribution in [2.45, 2.75) is 57.7 Å². The van der Waals surface area contributed by atoms with Crippen molar-refractivity contribution >= 4 is 5.97 Å². The highest BCUT2D eigenvalue weighted by Crippen LogP contribution is 2.32. The Bertz CT molecular complexity index is 977. The number of benzene rings is 2. The normalized spacial score (nSPS) is 13.4. The highest BCUT2D eigenvalue weighted by Gasteiger charge is 2.29. The lowest BCUT2D eigenvalue weighted by molar-refractivity contribution is -0.137. The molecule has 0 radical (unpaired) electrons. The van der Waals surface area contributed by atoms with E-state index in [4.69, 9.17) is 14.3 Å². The average Bonchev–Trinajstić information content (AvgIpc) is 3.51. The summed E-state index contributed by atoms with van der Waals surface area (Å²) in [5.74, 6) is 1.10. The molecule has 1 aromatic heterocycles. The molecule has 0 saturated heterocycles. The third kappa shape index (κ3) is 6.47. The number of ether oxygens (including phenoxy) is 1. The maximum atomic E-state index is 10.6. The van der Waals surface area contributed by atoms with E-state index in [2.05, 4.69) is 41.3 Å². The molecule has 1 N–H and O–H groups in total. The fraction of sp³-hybridized carbons (Fsp3) is 0.370. The van der Waals surface area contributed by atoms with Crippen molar-refractivity contribution in [1.29, 1.82) is 0 Å². The topological polar surface area (TPSA) is 62.9 Å². The van der Waals surface area contributed by atoms with Gasteiger partial charge in [-0.25, -0.2) is 0 Å². The molecule has 4 rings (SSSR count). The lowest BCUT2D eigenvalue weighted by atomic mass is 10.1. The van der Waals surface area contributed by atoms with Crippen LogP contribution in [0.5, 0.6) is 5.75 Å². The molecular formula is C27H31NO4. The van der Waals surface area contributed by atoms with Gasteiger partial charge in [0.15, 0.2) is 0 Å². The zero-order valence-corrected chi connectivity index (χ0v) is 18.4. The van der Waals surface area contributed by atoms with Crippen LogP contribution in [0.25, 0.3) is 11.3 Å². The van der Waals surface area contributed by atoms with Gasteiger partial charge in [0.25, 0.3) is 0 Å². The Labute approximate surface area is 189 Å². The molecule has 168 valence electrons. The van der Waals surface area contributed by atoms with Gasteiger partial charge in [-0.2, -0.15) is 0 Å². The van der Waals surface area contributed by atoms with E-state index in [0.717, 1.165) is 43.0 Å². The van der Waals surface area contributed by atoms with E-state index in [1.807, 2.05) is 24.3 Å². The number of furan rings is 1. The van der Waals surface area contributed by atoms with E-state index in [1.54, 1.807) is 6.26 Å². The zero-order chi connectivity index (χ0) is 22.2. The predicted octanol–water partition coefficient (Wildman–Crippen LogP) is 6.14. The molecule has 32 heavy (non-hydrogen) atoms. The van der Waals surface area contributed by atoms with Crippen LogP contribution < -0.4 is 4.74 Å². The van der Waals surface area contributed by atoms with Crippen molar-refractivity contribution in [3.05, 3.63) is 78.1 Å². The second-order valence-electron chi connectivity index (χ2n) is 8.47. The van der Waals surface area contributed by atoms with E-state index in [0.29, 0.717) is 19.1 Å². The first-order valence-electron chi connectivity index (χ1n) is 11.5. The molecule has 3 aromatic rings. The molecule has 1 saturated carbocycles. The molecule has 1 fully saturated rings. The summed E-state index contributed by atoms with van der Waals surface area (Å²) in [5, 5.41) is 8.74. The van der Waals surface area contributed by atoms with Gasteiger partial charge >= 0.3 is 5.97 Å². The summed E-state index contributed by atoms with van der Waals surface area (Å²) in [6, 6.07) is 21.4. The summed E-state index contributed by atoms with van der Waals surface area (Å²) >= 11 is 0. The lowest BCUT2D eigenvalue weighted by Gasteiger charge is -2.23. The number of hydrogen-bond donors (Lipinski definition) is 1. The molecular weight excluding hydrogens is 402 g/mol. The van der Waals surface area contributed by atoms with Crippen LogP contribution >= 0.6 is 0 Å². The van der Waals surface area contributed by atoms with Crippen molar-refractivity contribution in [2.75, 3.05) is 6.61 Å². The minimum absolute atomic E-state index is 0.232. The number of carbonyl (C=O) groups is 1. The van der Waals surface area contributed by atoms with E-state index >= 15 is 0 Å². The molecule has 5 heteroatoms. The van der Waals surface area contributed by atoms with Crippen molar-refractivity contribution in [2.24, 2.45) is 0 Å². The first-order valence-corrected chi connectivity index (χ1v) is 11.5. The quantitative estimate of drug-likeness (QED) is 0.328. The molecule has 5 nitrogen and oxygen atoms in total. The largest absolute Gasteiger partial charge is 0.493 e. The number of nitrogens with zero attached hydrogens (tertiary/aromatic N) is 1. The van der Waals surface area contributed by atoms with Gasteiger partial charge in [0.2, 0.25) is 0 Å². The minimum Gasteiger partial charge on any atom is -0.493 e. The molecule has 0 spiro atoms. The average molecular weight is 434 g/mol. The second-order valence-corrected chi connectivity index (χ2v) is 8.47. The molecule has 0 amide bonds. The van der Waals surface area contributed by atoms with Crippen LogP contribution in [0, 0.1) is 0 Å².